The van der Waals surface area contributed by atoms with Crippen LogP contribution in [-0.4, -0.2) is 20.1 Å². The molecule has 0 saturated heterocycles. The Bertz CT molecular complexity index is 302. The number of nitrogens with one attached hydrogen (secondary N) is 1. The molecular formula is C9H10BrNO2. The molecule has 13 heavy (non-hydrogen) atoms. The van der Waals surface area contributed by atoms with E-state index in [9.17, 15) is 4.79 Å². The molecule has 0 atom stereocenters. The Morgan fingerprint density at radius 3 is 3.00 bits per heavy atom. The minimum Gasteiger partial charge on any atom is -0.478 e. The number of rotatable bonds is 4. The molecule has 0 aliphatic rings. The smallest absolute Gasteiger partial charge is 0.153 e. The summed E-state index contributed by atoms with van der Waals surface area (Å²) < 4.78 is 6.14. The predicted octanol–water partition coefficient (Wildman–Crippen LogP) is 1.82. The monoisotopic (exact) mass is 243 g/mol. The summed E-state index contributed by atoms with van der Waals surface area (Å²) in [6.45, 7) is 0.391. The first kappa shape index (κ1) is 10.2. The highest BCUT2D eigenvalue weighted by molar-refractivity contribution is 9.10. The van der Waals surface area contributed by atoms with Gasteiger partial charge in [-0.3, -0.25) is 10.1 Å². The summed E-state index contributed by atoms with van der Waals surface area (Å²) >= 11 is 3.28. The second kappa shape index (κ2) is 4.99. The molecule has 1 N–H and O–H groups in total. The van der Waals surface area contributed by atoms with Gasteiger partial charge < -0.3 is 4.74 Å². The third-order valence-electron chi connectivity index (χ3n) is 1.47. The second-order valence-corrected chi connectivity index (χ2v) is 3.36. The van der Waals surface area contributed by atoms with E-state index in [1.54, 1.807) is 19.2 Å². The van der Waals surface area contributed by atoms with Crippen LogP contribution in [0.4, 0.5) is 0 Å². The van der Waals surface area contributed by atoms with Crippen molar-refractivity contribution in [2.75, 3.05) is 13.8 Å². The first-order chi connectivity index (χ1) is 6.27. The Kier molecular flexibility index (Phi) is 3.92. The number of ether oxygens (including phenoxy) is 1. The van der Waals surface area contributed by atoms with Crippen molar-refractivity contribution in [1.29, 1.82) is 0 Å². The largest absolute Gasteiger partial charge is 0.478 e. The van der Waals surface area contributed by atoms with Crippen molar-refractivity contribution in [3.05, 3.63) is 28.2 Å². The van der Waals surface area contributed by atoms with Gasteiger partial charge in [0.05, 0.1) is 5.56 Å². The maximum absolute atomic E-state index is 10.6. The van der Waals surface area contributed by atoms with Crippen LogP contribution in [0.1, 0.15) is 10.4 Å². The van der Waals surface area contributed by atoms with Gasteiger partial charge in [0.1, 0.15) is 12.5 Å². The lowest BCUT2D eigenvalue weighted by Crippen LogP contribution is -2.14. The molecule has 1 rings (SSSR count). The number of carbonyl (C=O) groups excluding carboxylic acids is 1. The lowest BCUT2D eigenvalue weighted by molar-refractivity contribution is 0.111. The van der Waals surface area contributed by atoms with Gasteiger partial charge in [0.15, 0.2) is 6.29 Å². The standard InChI is InChI=1S/C9H10BrNO2/c1-11-6-13-9-3-2-8(10)4-7(9)5-12/h2-5,11H,6H2,1H3. The summed E-state index contributed by atoms with van der Waals surface area (Å²) in [5.41, 5.74) is 0.546. The molecule has 0 amide bonds. The van der Waals surface area contributed by atoms with E-state index in [2.05, 4.69) is 21.2 Å². The van der Waals surface area contributed by atoms with E-state index in [1.807, 2.05) is 6.07 Å². The number of hydrogen-bond acceptors (Lipinski definition) is 3. The van der Waals surface area contributed by atoms with Gasteiger partial charge in [0.25, 0.3) is 0 Å². The number of benzene rings is 1. The van der Waals surface area contributed by atoms with Crippen LogP contribution in [0.3, 0.4) is 0 Å². The van der Waals surface area contributed by atoms with Crippen LogP contribution in [0.15, 0.2) is 22.7 Å². The Labute approximate surface area is 85.2 Å². The van der Waals surface area contributed by atoms with Crippen LogP contribution in [-0.2, 0) is 0 Å². The molecule has 70 valence electrons. The molecule has 0 bridgehead atoms. The maximum Gasteiger partial charge on any atom is 0.153 e. The number of aldehydes is 1. The summed E-state index contributed by atoms with van der Waals surface area (Å²) in [6, 6.07) is 5.31. The van der Waals surface area contributed by atoms with E-state index in [0.717, 1.165) is 10.8 Å². The summed E-state index contributed by atoms with van der Waals surface area (Å²) in [5, 5.41) is 2.83. The van der Waals surface area contributed by atoms with Gasteiger partial charge in [-0.25, -0.2) is 0 Å². The van der Waals surface area contributed by atoms with Crippen molar-refractivity contribution in [2.24, 2.45) is 0 Å². The van der Waals surface area contributed by atoms with Gasteiger partial charge in [-0.15, -0.1) is 0 Å². The molecule has 1 aromatic carbocycles. The van der Waals surface area contributed by atoms with E-state index < -0.39 is 0 Å². The van der Waals surface area contributed by atoms with Crippen molar-refractivity contribution < 1.29 is 9.53 Å². The lowest BCUT2D eigenvalue weighted by Gasteiger charge is -2.07. The molecule has 0 radical (unpaired) electrons. The molecule has 0 fully saturated rings. The van der Waals surface area contributed by atoms with E-state index in [4.69, 9.17) is 4.74 Å². The van der Waals surface area contributed by atoms with E-state index in [1.165, 1.54) is 0 Å². The Morgan fingerprint density at radius 2 is 2.38 bits per heavy atom. The van der Waals surface area contributed by atoms with Gasteiger partial charge >= 0.3 is 0 Å². The fraction of sp³-hybridized carbons (Fsp3) is 0.222. The zero-order valence-electron chi connectivity index (χ0n) is 7.21. The highest BCUT2D eigenvalue weighted by Gasteiger charge is 2.02. The van der Waals surface area contributed by atoms with Gasteiger partial charge in [-0.2, -0.15) is 0 Å². The molecular weight excluding hydrogens is 234 g/mol. The molecule has 1 aromatic rings. The topological polar surface area (TPSA) is 38.3 Å². The fourth-order valence-corrected chi connectivity index (χ4v) is 1.27. The third-order valence-corrected chi connectivity index (χ3v) is 1.96. The van der Waals surface area contributed by atoms with Crippen LogP contribution in [0.25, 0.3) is 0 Å². The average Bonchev–Trinajstić information content (AvgIpc) is 2.16. The van der Waals surface area contributed by atoms with E-state index in [0.29, 0.717) is 18.0 Å². The Morgan fingerprint density at radius 1 is 1.62 bits per heavy atom. The van der Waals surface area contributed by atoms with E-state index in [-0.39, 0.29) is 0 Å². The summed E-state index contributed by atoms with van der Waals surface area (Å²) in [6.07, 6.45) is 0.774. The molecule has 0 saturated carbocycles. The van der Waals surface area contributed by atoms with Crippen molar-refractivity contribution in [2.45, 2.75) is 0 Å². The molecule has 4 heteroatoms. The first-order valence-electron chi connectivity index (χ1n) is 3.80. The van der Waals surface area contributed by atoms with Crippen LogP contribution in [0, 0.1) is 0 Å². The zero-order chi connectivity index (χ0) is 9.68. The van der Waals surface area contributed by atoms with Crippen LogP contribution in [0.5, 0.6) is 5.75 Å². The SMILES string of the molecule is CNCOc1ccc(Br)cc1C=O. The molecule has 3 nitrogen and oxygen atoms in total. The van der Waals surface area contributed by atoms with Crippen LogP contribution >= 0.6 is 15.9 Å². The highest BCUT2D eigenvalue weighted by Crippen LogP contribution is 2.21. The molecule has 0 spiro atoms. The van der Waals surface area contributed by atoms with Crippen molar-refractivity contribution in [3.8, 4) is 5.75 Å². The fourth-order valence-electron chi connectivity index (χ4n) is 0.893. The summed E-state index contributed by atoms with van der Waals surface area (Å²) in [5.74, 6) is 0.590. The minimum atomic E-state index is 0.391. The first-order valence-corrected chi connectivity index (χ1v) is 4.59. The molecule has 0 heterocycles. The normalized spacial score (nSPS) is 9.69. The van der Waals surface area contributed by atoms with Gasteiger partial charge in [-0.05, 0) is 25.2 Å². The van der Waals surface area contributed by atoms with E-state index >= 15 is 0 Å². The average molecular weight is 244 g/mol. The van der Waals surface area contributed by atoms with Crippen molar-refractivity contribution in [1.82, 2.24) is 5.32 Å². The Balaban J connectivity index is 2.86. The Hall–Kier alpha value is -0.870. The third kappa shape index (κ3) is 2.82. The number of halogens is 1. The molecule has 0 unspecified atom stereocenters. The van der Waals surface area contributed by atoms with Crippen LogP contribution < -0.4 is 10.1 Å². The maximum atomic E-state index is 10.6. The van der Waals surface area contributed by atoms with Crippen molar-refractivity contribution >= 4 is 22.2 Å². The van der Waals surface area contributed by atoms with Crippen molar-refractivity contribution in [3.63, 3.8) is 0 Å². The zero-order valence-corrected chi connectivity index (χ0v) is 8.80. The number of carbonyl (C=O) groups is 1. The number of hydrogen-bond donors (Lipinski definition) is 1. The highest BCUT2D eigenvalue weighted by atomic mass is 79.9. The molecule has 0 aliphatic heterocycles. The van der Waals surface area contributed by atoms with Gasteiger partial charge in [0, 0.05) is 4.47 Å². The van der Waals surface area contributed by atoms with Gasteiger partial charge in [0.2, 0.25) is 0 Å². The van der Waals surface area contributed by atoms with Crippen LogP contribution in [0.2, 0.25) is 0 Å². The van der Waals surface area contributed by atoms with Gasteiger partial charge in [-0.1, -0.05) is 15.9 Å². The second-order valence-electron chi connectivity index (χ2n) is 2.44. The summed E-state index contributed by atoms with van der Waals surface area (Å²) in [4.78, 5) is 10.6. The molecule has 0 aliphatic carbocycles. The quantitative estimate of drug-likeness (QED) is 0.648. The minimum absolute atomic E-state index is 0.391. The predicted molar refractivity (Wildman–Crippen MR) is 54.1 cm³/mol. The molecule has 0 aromatic heterocycles. The summed E-state index contributed by atoms with van der Waals surface area (Å²) in [7, 11) is 1.78. The lowest BCUT2D eigenvalue weighted by atomic mass is 10.2.